The van der Waals surface area contributed by atoms with Gasteiger partial charge in [-0.1, -0.05) is 30.3 Å². The monoisotopic (exact) mass is 284 g/mol. The smallest absolute Gasteiger partial charge is 0.226 e. The second kappa shape index (κ2) is 5.13. The minimum atomic E-state index is 0.0984. The molecule has 1 saturated heterocycles. The Bertz CT molecular complexity index is 517. The number of amides is 1. The van der Waals surface area contributed by atoms with E-state index in [1.807, 2.05) is 0 Å². The van der Waals surface area contributed by atoms with Crippen LogP contribution >= 0.6 is 0 Å². The van der Waals surface area contributed by atoms with Crippen molar-refractivity contribution in [3.05, 3.63) is 35.9 Å². The molecule has 1 amide bonds. The summed E-state index contributed by atoms with van der Waals surface area (Å²) in [6, 6.07) is 11.1. The van der Waals surface area contributed by atoms with E-state index >= 15 is 0 Å². The maximum atomic E-state index is 12.3. The highest BCUT2D eigenvalue weighted by Crippen LogP contribution is 2.67. The van der Waals surface area contributed by atoms with Gasteiger partial charge in [0.15, 0.2) is 0 Å². The Kier molecular flexibility index (Phi) is 3.26. The number of carbonyl (C=O) groups is 1. The normalized spacial score (nSPS) is 32.1. The molecule has 2 unspecified atom stereocenters. The second-order valence-electron chi connectivity index (χ2n) is 7.11. The Balaban J connectivity index is 1.24. The summed E-state index contributed by atoms with van der Waals surface area (Å²) in [4.78, 5) is 14.8. The van der Waals surface area contributed by atoms with Crippen LogP contribution in [-0.4, -0.2) is 29.9 Å². The number of fused-ring (bicyclic) bond motifs is 1. The Morgan fingerprint density at radius 2 is 1.95 bits per heavy atom. The molecule has 0 aromatic heterocycles. The summed E-state index contributed by atoms with van der Waals surface area (Å²) in [6.07, 6.45) is 5.77. The highest BCUT2D eigenvalue weighted by atomic mass is 16.2. The summed E-state index contributed by atoms with van der Waals surface area (Å²) in [5.41, 5.74) is 1.48. The number of carbonyl (C=O) groups excluding carboxylic acids is 1. The summed E-state index contributed by atoms with van der Waals surface area (Å²) >= 11 is 0. The highest BCUT2D eigenvalue weighted by Gasteiger charge is 2.66. The molecule has 0 spiro atoms. The van der Waals surface area contributed by atoms with E-state index in [1.54, 1.807) is 0 Å². The molecule has 4 rings (SSSR count). The first-order valence-electron chi connectivity index (χ1n) is 8.33. The van der Waals surface area contributed by atoms with Crippen LogP contribution in [0.3, 0.4) is 0 Å². The average Bonchev–Trinajstić information content (AvgIpc) is 3.04. The van der Waals surface area contributed by atoms with Crippen molar-refractivity contribution in [1.29, 1.82) is 0 Å². The number of nitrogens with one attached hydrogen (secondary N) is 1. The van der Waals surface area contributed by atoms with Gasteiger partial charge in [-0.05, 0) is 43.6 Å². The Morgan fingerprint density at radius 3 is 2.52 bits per heavy atom. The van der Waals surface area contributed by atoms with Gasteiger partial charge in [0.1, 0.15) is 0 Å². The molecule has 0 bridgehead atoms. The van der Waals surface area contributed by atoms with Crippen LogP contribution in [0.2, 0.25) is 0 Å². The predicted molar refractivity (Wildman–Crippen MR) is 82.7 cm³/mol. The quantitative estimate of drug-likeness (QED) is 0.921. The lowest BCUT2D eigenvalue weighted by molar-refractivity contribution is -0.130. The van der Waals surface area contributed by atoms with E-state index in [0.29, 0.717) is 11.9 Å². The maximum Gasteiger partial charge on any atom is 0.226 e. The SMILES string of the molecule is O=C(NC1CCN(Cc2ccccc2)CC1)C12CCC1C2. The van der Waals surface area contributed by atoms with E-state index in [2.05, 4.69) is 40.5 Å². The summed E-state index contributed by atoms with van der Waals surface area (Å²) in [5, 5.41) is 3.32. The third-order valence-electron chi connectivity index (χ3n) is 5.79. The molecular formula is C18H24N2O. The lowest BCUT2D eigenvalue weighted by Crippen LogP contribution is -2.48. The van der Waals surface area contributed by atoms with Crippen LogP contribution in [0.5, 0.6) is 0 Å². The molecule has 2 aliphatic carbocycles. The van der Waals surface area contributed by atoms with E-state index in [0.717, 1.165) is 51.2 Å². The van der Waals surface area contributed by atoms with Crippen molar-refractivity contribution in [2.24, 2.45) is 11.3 Å². The first-order chi connectivity index (χ1) is 10.3. The molecule has 3 aliphatic rings. The van der Waals surface area contributed by atoms with Crippen LogP contribution in [0.4, 0.5) is 0 Å². The van der Waals surface area contributed by atoms with Crippen molar-refractivity contribution in [3.63, 3.8) is 0 Å². The lowest BCUT2D eigenvalue weighted by Gasteiger charge is -2.34. The molecule has 1 aliphatic heterocycles. The fourth-order valence-electron chi connectivity index (χ4n) is 4.08. The van der Waals surface area contributed by atoms with Crippen LogP contribution in [0.25, 0.3) is 0 Å². The zero-order valence-corrected chi connectivity index (χ0v) is 12.6. The highest BCUT2D eigenvalue weighted by molar-refractivity contribution is 5.87. The van der Waals surface area contributed by atoms with Crippen molar-refractivity contribution in [1.82, 2.24) is 10.2 Å². The molecule has 112 valence electrons. The maximum absolute atomic E-state index is 12.3. The molecule has 2 atom stereocenters. The van der Waals surface area contributed by atoms with Gasteiger partial charge in [0.25, 0.3) is 0 Å². The number of nitrogens with zero attached hydrogens (tertiary/aromatic N) is 1. The lowest BCUT2D eigenvalue weighted by atomic mass is 9.83. The van der Waals surface area contributed by atoms with Crippen molar-refractivity contribution >= 4 is 5.91 Å². The number of rotatable bonds is 4. The fraction of sp³-hybridized carbons (Fsp3) is 0.611. The molecule has 1 aromatic rings. The third kappa shape index (κ3) is 2.48. The van der Waals surface area contributed by atoms with Crippen LogP contribution in [0.1, 0.15) is 37.7 Å². The molecule has 1 heterocycles. The van der Waals surface area contributed by atoms with Crippen molar-refractivity contribution in [2.75, 3.05) is 13.1 Å². The molecule has 3 nitrogen and oxygen atoms in total. The number of piperidine rings is 1. The van der Waals surface area contributed by atoms with E-state index in [4.69, 9.17) is 0 Å². The van der Waals surface area contributed by atoms with Gasteiger partial charge in [-0.15, -0.1) is 0 Å². The topological polar surface area (TPSA) is 32.3 Å². The number of hydrogen-bond acceptors (Lipinski definition) is 2. The number of likely N-dealkylation sites (tertiary alicyclic amines) is 1. The first-order valence-corrected chi connectivity index (χ1v) is 8.33. The molecule has 0 radical (unpaired) electrons. The number of hydrogen-bond donors (Lipinski definition) is 1. The molecule has 3 heteroatoms. The molecule has 1 N–H and O–H groups in total. The van der Waals surface area contributed by atoms with Gasteiger partial charge in [0.05, 0.1) is 5.41 Å². The van der Waals surface area contributed by atoms with Crippen LogP contribution < -0.4 is 5.32 Å². The third-order valence-corrected chi connectivity index (χ3v) is 5.79. The fourth-order valence-corrected chi connectivity index (χ4v) is 4.08. The summed E-state index contributed by atoms with van der Waals surface area (Å²) < 4.78 is 0. The van der Waals surface area contributed by atoms with E-state index in [9.17, 15) is 4.79 Å². The van der Waals surface area contributed by atoms with Crippen molar-refractivity contribution < 1.29 is 4.79 Å². The Labute approximate surface area is 126 Å². The zero-order valence-electron chi connectivity index (χ0n) is 12.6. The Morgan fingerprint density at radius 1 is 1.19 bits per heavy atom. The van der Waals surface area contributed by atoms with Gasteiger partial charge in [-0.25, -0.2) is 0 Å². The first kappa shape index (κ1) is 13.3. The summed E-state index contributed by atoms with van der Waals surface area (Å²) in [6.45, 7) is 3.22. The largest absolute Gasteiger partial charge is 0.353 e. The number of benzene rings is 1. The molecule has 21 heavy (non-hydrogen) atoms. The van der Waals surface area contributed by atoms with E-state index in [1.165, 1.54) is 12.0 Å². The van der Waals surface area contributed by atoms with Crippen LogP contribution in [0, 0.1) is 11.3 Å². The standard InChI is InChI=1S/C18H24N2O/c21-17(18-9-6-15(18)12-18)19-16-7-10-20(11-8-16)13-14-4-2-1-3-5-14/h1-5,15-16H,6-13H2,(H,19,21). The van der Waals surface area contributed by atoms with Crippen molar-refractivity contribution in [2.45, 2.75) is 44.7 Å². The minimum absolute atomic E-state index is 0.0984. The summed E-state index contributed by atoms with van der Waals surface area (Å²) in [7, 11) is 0. The molecule has 3 fully saturated rings. The summed E-state index contributed by atoms with van der Waals surface area (Å²) in [5.74, 6) is 1.09. The van der Waals surface area contributed by atoms with Gasteiger partial charge in [-0.3, -0.25) is 9.69 Å². The van der Waals surface area contributed by atoms with E-state index < -0.39 is 0 Å². The minimum Gasteiger partial charge on any atom is -0.353 e. The van der Waals surface area contributed by atoms with Crippen LogP contribution in [-0.2, 0) is 11.3 Å². The molecule has 1 aromatic carbocycles. The second-order valence-corrected chi connectivity index (χ2v) is 7.11. The zero-order chi connectivity index (χ0) is 14.3. The average molecular weight is 284 g/mol. The van der Waals surface area contributed by atoms with Crippen LogP contribution in [0.15, 0.2) is 30.3 Å². The predicted octanol–water partition coefficient (Wildman–Crippen LogP) is 2.57. The van der Waals surface area contributed by atoms with Gasteiger partial charge in [0.2, 0.25) is 5.91 Å². The van der Waals surface area contributed by atoms with Crippen molar-refractivity contribution in [3.8, 4) is 0 Å². The Hall–Kier alpha value is -1.35. The molecular weight excluding hydrogens is 260 g/mol. The van der Waals surface area contributed by atoms with E-state index in [-0.39, 0.29) is 5.41 Å². The van der Waals surface area contributed by atoms with Gasteiger partial charge >= 0.3 is 0 Å². The molecule has 2 saturated carbocycles. The van der Waals surface area contributed by atoms with Gasteiger partial charge < -0.3 is 5.32 Å². The van der Waals surface area contributed by atoms with Gasteiger partial charge in [-0.2, -0.15) is 0 Å². The van der Waals surface area contributed by atoms with Gasteiger partial charge in [0, 0.05) is 25.7 Å².